The number of methoxy groups -OCH3 is 1. The van der Waals surface area contributed by atoms with E-state index < -0.39 is 0 Å². The van der Waals surface area contributed by atoms with Gasteiger partial charge in [0.15, 0.2) is 11.6 Å². The standard InChI is InChI=1S/C21H24N6O2/c1-29-18-7-3-2-5-16(18)13-23-21(28)17-6-4-11-26(14-17)19-8-9-20(25-24-19)27-12-10-22-15-27/h2-3,5,7-10,12,15,17H,4,6,11,13-14H2,1H3,(H,23,28). The fourth-order valence-electron chi connectivity index (χ4n) is 3.59. The lowest BCUT2D eigenvalue weighted by Gasteiger charge is -2.32. The normalized spacial score (nSPS) is 16.4. The Bertz CT molecular complexity index is 942. The highest BCUT2D eigenvalue weighted by atomic mass is 16.5. The van der Waals surface area contributed by atoms with E-state index in [9.17, 15) is 4.79 Å². The third-order valence-electron chi connectivity index (χ3n) is 5.17. The van der Waals surface area contributed by atoms with Gasteiger partial charge >= 0.3 is 0 Å². The van der Waals surface area contributed by atoms with Gasteiger partial charge in [0.05, 0.1) is 13.0 Å². The monoisotopic (exact) mass is 392 g/mol. The molecule has 0 saturated carbocycles. The summed E-state index contributed by atoms with van der Waals surface area (Å²) in [7, 11) is 1.64. The Hall–Kier alpha value is -3.42. The molecule has 3 aromatic rings. The molecule has 0 spiro atoms. The van der Waals surface area contributed by atoms with Crippen molar-refractivity contribution in [2.75, 3.05) is 25.1 Å². The highest BCUT2D eigenvalue weighted by Gasteiger charge is 2.26. The van der Waals surface area contributed by atoms with Gasteiger partial charge in [0.2, 0.25) is 5.91 Å². The quantitative estimate of drug-likeness (QED) is 0.692. The molecule has 3 heterocycles. The van der Waals surface area contributed by atoms with Crippen LogP contribution in [0.15, 0.2) is 55.1 Å². The predicted octanol–water partition coefficient (Wildman–Crippen LogP) is 2.20. The molecule has 8 nitrogen and oxygen atoms in total. The van der Waals surface area contributed by atoms with Crippen LogP contribution in [-0.2, 0) is 11.3 Å². The zero-order valence-corrected chi connectivity index (χ0v) is 16.4. The van der Waals surface area contributed by atoms with Gasteiger partial charge in [-0.1, -0.05) is 18.2 Å². The maximum Gasteiger partial charge on any atom is 0.225 e. The number of benzene rings is 1. The van der Waals surface area contributed by atoms with Gasteiger partial charge in [-0.25, -0.2) is 4.98 Å². The maximum absolute atomic E-state index is 12.7. The van der Waals surface area contributed by atoms with Gasteiger partial charge in [-0.2, -0.15) is 0 Å². The number of aromatic nitrogens is 4. The summed E-state index contributed by atoms with van der Waals surface area (Å²) >= 11 is 0. The van der Waals surface area contributed by atoms with E-state index in [-0.39, 0.29) is 11.8 Å². The van der Waals surface area contributed by atoms with E-state index in [1.54, 1.807) is 24.2 Å². The number of hydrogen-bond donors (Lipinski definition) is 1. The highest BCUT2D eigenvalue weighted by molar-refractivity contribution is 5.79. The molecule has 1 atom stereocenters. The zero-order valence-electron chi connectivity index (χ0n) is 16.4. The lowest BCUT2D eigenvalue weighted by atomic mass is 9.97. The highest BCUT2D eigenvalue weighted by Crippen LogP contribution is 2.22. The fourth-order valence-corrected chi connectivity index (χ4v) is 3.59. The molecule has 1 unspecified atom stereocenters. The van der Waals surface area contributed by atoms with Crippen molar-refractivity contribution in [2.24, 2.45) is 5.92 Å². The first-order valence-electron chi connectivity index (χ1n) is 9.71. The largest absolute Gasteiger partial charge is 0.496 e. The molecule has 1 aromatic carbocycles. The van der Waals surface area contributed by atoms with Crippen LogP contribution in [0.1, 0.15) is 18.4 Å². The van der Waals surface area contributed by atoms with Crippen LogP contribution in [0.3, 0.4) is 0 Å². The average Bonchev–Trinajstić information content (AvgIpc) is 3.33. The van der Waals surface area contributed by atoms with Gasteiger partial charge in [0, 0.05) is 37.6 Å². The van der Waals surface area contributed by atoms with Crippen LogP contribution < -0.4 is 15.0 Å². The second-order valence-electron chi connectivity index (χ2n) is 7.03. The van der Waals surface area contributed by atoms with Gasteiger partial charge < -0.3 is 15.0 Å². The number of nitrogens with zero attached hydrogens (tertiary/aromatic N) is 5. The van der Waals surface area contributed by atoms with Gasteiger partial charge in [0.25, 0.3) is 0 Å². The van der Waals surface area contributed by atoms with E-state index in [2.05, 4.69) is 25.4 Å². The van der Waals surface area contributed by atoms with Crippen molar-refractivity contribution < 1.29 is 9.53 Å². The minimum absolute atomic E-state index is 0.0589. The average molecular weight is 392 g/mol. The second-order valence-corrected chi connectivity index (χ2v) is 7.03. The van der Waals surface area contributed by atoms with Crippen molar-refractivity contribution in [2.45, 2.75) is 19.4 Å². The predicted molar refractivity (Wildman–Crippen MR) is 109 cm³/mol. The SMILES string of the molecule is COc1ccccc1CNC(=O)C1CCCN(c2ccc(-n3ccnc3)nn2)C1. The number of para-hydroxylation sites is 1. The van der Waals surface area contributed by atoms with Crippen LogP contribution in [0.2, 0.25) is 0 Å². The van der Waals surface area contributed by atoms with E-state index in [1.807, 2.05) is 42.6 Å². The minimum atomic E-state index is -0.0754. The first kappa shape index (κ1) is 18.9. The summed E-state index contributed by atoms with van der Waals surface area (Å²) in [5.41, 5.74) is 0.969. The fraction of sp³-hybridized carbons (Fsp3) is 0.333. The number of carbonyl (C=O) groups is 1. The number of anilines is 1. The van der Waals surface area contributed by atoms with E-state index in [0.717, 1.165) is 42.3 Å². The van der Waals surface area contributed by atoms with Gasteiger partial charge in [-0.15, -0.1) is 10.2 Å². The molecule has 150 valence electrons. The van der Waals surface area contributed by atoms with Crippen molar-refractivity contribution in [1.29, 1.82) is 0 Å². The maximum atomic E-state index is 12.7. The first-order valence-corrected chi connectivity index (χ1v) is 9.71. The molecule has 2 aromatic heterocycles. The topological polar surface area (TPSA) is 85.2 Å². The Balaban J connectivity index is 1.37. The van der Waals surface area contributed by atoms with Crippen LogP contribution >= 0.6 is 0 Å². The van der Waals surface area contributed by atoms with E-state index >= 15 is 0 Å². The summed E-state index contributed by atoms with van der Waals surface area (Å²) in [5, 5.41) is 11.7. The number of piperidine rings is 1. The molecule has 1 N–H and O–H groups in total. The summed E-state index contributed by atoms with van der Waals surface area (Å²) < 4.78 is 7.16. The number of carbonyl (C=O) groups excluding carboxylic acids is 1. The molecule has 4 rings (SSSR count). The summed E-state index contributed by atoms with van der Waals surface area (Å²) in [6.07, 6.45) is 7.03. The first-order chi connectivity index (χ1) is 14.2. The van der Waals surface area contributed by atoms with Crippen molar-refractivity contribution in [3.63, 3.8) is 0 Å². The summed E-state index contributed by atoms with van der Waals surface area (Å²) in [4.78, 5) is 18.9. The summed E-state index contributed by atoms with van der Waals surface area (Å²) in [6, 6.07) is 11.6. The smallest absolute Gasteiger partial charge is 0.225 e. The van der Waals surface area contributed by atoms with Crippen LogP contribution in [0, 0.1) is 5.92 Å². The third-order valence-corrected chi connectivity index (χ3v) is 5.17. The number of amides is 1. The van der Waals surface area contributed by atoms with Crippen molar-refractivity contribution in [3.8, 4) is 11.6 Å². The zero-order chi connectivity index (χ0) is 20.1. The number of imidazole rings is 1. The Morgan fingerprint density at radius 3 is 2.79 bits per heavy atom. The lowest BCUT2D eigenvalue weighted by Crippen LogP contribution is -2.43. The Morgan fingerprint density at radius 2 is 2.03 bits per heavy atom. The van der Waals surface area contributed by atoms with Crippen LogP contribution in [0.25, 0.3) is 5.82 Å². The Kier molecular flexibility index (Phi) is 5.69. The van der Waals surface area contributed by atoms with Crippen molar-refractivity contribution in [1.82, 2.24) is 25.1 Å². The molecule has 0 aliphatic carbocycles. The molecule has 0 bridgehead atoms. The van der Waals surface area contributed by atoms with E-state index in [0.29, 0.717) is 13.1 Å². The van der Waals surface area contributed by atoms with Crippen LogP contribution in [-0.4, -0.2) is 45.9 Å². The molecule has 1 saturated heterocycles. The van der Waals surface area contributed by atoms with Crippen LogP contribution in [0.5, 0.6) is 5.75 Å². The Labute approximate surface area is 169 Å². The molecule has 29 heavy (non-hydrogen) atoms. The van der Waals surface area contributed by atoms with E-state index in [1.165, 1.54) is 0 Å². The molecule has 8 heteroatoms. The number of nitrogens with one attached hydrogen (secondary N) is 1. The van der Waals surface area contributed by atoms with Crippen molar-refractivity contribution in [3.05, 3.63) is 60.7 Å². The van der Waals surface area contributed by atoms with Crippen LogP contribution in [0.4, 0.5) is 5.82 Å². The molecular weight excluding hydrogens is 368 g/mol. The number of rotatable bonds is 6. The van der Waals surface area contributed by atoms with Crippen molar-refractivity contribution >= 4 is 11.7 Å². The number of ether oxygens (including phenoxy) is 1. The molecular formula is C21H24N6O2. The van der Waals surface area contributed by atoms with Gasteiger partial charge in [-0.05, 0) is 31.0 Å². The van der Waals surface area contributed by atoms with Gasteiger partial charge in [-0.3, -0.25) is 9.36 Å². The number of hydrogen-bond acceptors (Lipinski definition) is 6. The second kappa shape index (κ2) is 8.72. The van der Waals surface area contributed by atoms with E-state index in [4.69, 9.17) is 4.74 Å². The third kappa shape index (κ3) is 4.37. The lowest BCUT2D eigenvalue weighted by molar-refractivity contribution is -0.125. The van der Waals surface area contributed by atoms with Gasteiger partial charge in [0.1, 0.15) is 12.1 Å². The molecule has 0 radical (unpaired) electrons. The molecule has 1 aliphatic heterocycles. The summed E-state index contributed by atoms with van der Waals surface area (Å²) in [5.74, 6) is 2.27. The molecule has 1 fully saturated rings. The summed E-state index contributed by atoms with van der Waals surface area (Å²) in [6.45, 7) is 1.96. The Morgan fingerprint density at radius 1 is 1.21 bits per heavy atom. The molecule has 1 amide bonds. The minimum Gasteiger partial charge on any atom is -0.496 e. The molecule has 1 aliphatic rings.